The van der Waals surface area contributed by atoms with Gasteiger partial charge in [-0.1, -0.05) is 25.1 Å². The molecular formula is C25H33N3O4. The maximum Gasteiger partial charge on any atom is 0.227 e. The van der Waals surface area contributed by atoms with Gasteiger partial charge >= 0.3 is 0 Å². The highest BCUT2D eigenvalue weighted by Gasteiger charge is 2.22. The van der Waals surface area contributed by atoms with Gasteiger partial charge in [-0.2, -0.15) is 5.10 Å². The van der Waals surface area contributed by atoms with Crippen molar-refractivity contribution in [3.63, 3.8) is 0 Å². The lowest BCUT2D eigenvalue weighted by Gasteiger charge is -2.24. The Kier molecular flexibility index (Phi) is 8.67. The van der Waals surface area contributed by atoms with Gasteiger partial charge in [0.15, 0.2) is 0 Å². The summed E-state index contributed by atoms with van der Waals surface area (Å²) in [5.41, 5.74) is 2.80. The summed E-state index contributed by atoms with van der Waals surface area (Å²) >= 11 is 0. The zero-order valence-electron chi connectivity index (χ0n) is 19.3. The summed E-state index contributed by atoms with van der Waals surface area (Å²) in [6.07, 6.45) is 0.419. The molecule has 1 aromatic heterocycles. The molecule has 172 valence electrons. The van der Waals surface area contributed by atoms with E-state index in [9.17, 15) is 5.11 Å². The van der Waals surface area contributed by atoms with Gasteiger partial charge in [-0.15, -0.1) is 0 Å². The number of aliphatic hydroxyl groups is 1. The Morgan fingerprint density at radius 1 is 1.03 bits per heavy atom. The number of aliphatic hydroxyl groups excluding tert-OH is 1. The molecule has 3 rings (SSSR count). The molecule has 0 bridgehead atoms. The fourth-order valence-corrected chi connectivity index (χ4v) is 3.64. The van der Waals surface area contributed by atoms with E-state index < -0.39 is 6.10 Å². The molecule has 0 spiro atoms. The minimum atomic E-state index is -0.554. The van der Waals surface area contributed by atoms with Crippen LogP contribution in [-0.4, -0.2) is 59.8 Å². The summed E-state index contributed by atoms with van der Waals surface area (Å²) in [6, 6.07) is 17.4. The SMILES string of the molecule is CCCN(Cc1c(C)nn(-c2ccccc2)c1Oc1ccc(OC)cc1)CC(O)COC. The van der Waals surface area contributed by atoms with E-state index >= 15 is 0 Å². The highest BCUT2D eigenvalue weighted by molar-refractivity contribution is 5.44. The van der Waals surface area contributed by atoms with Crippen LogP contribution in [0.3, 0.4) is 0 Å². The van der Waals surface area contributed by atoms with Gasteiger partial charge in [-0.05, 0) is 56.3 Å². The molecule has 32 heavy (non-hydrogen) atoms. The van der Waals surface area contributed by atoms with Gasteiger partial charge in [0.25, 0.3) is 0 Å². The van der Waals surface area contributed by atoms with E-state index in [4.69, 9.17) is 19.3 Å². The zero-order chi connectivity index (χ0) is 22.9. The van der Waals surface area contributed by atoms with Crippen molar-refractivity contribution in [3.8, 4) is 23.1 Å². The Morgan fingerprint density at radius 3 is 2.34 bits per heavy atom. The second-order valence-electron chi connectivity index (χ2n) is 7.74. The van der Waals surface area contributed by atoms with Crippen LogP contribution in [0.4, 0.5) is 0 Å². The molecule has 1 heterocycles. The van der Waals surface area contributed by atoms with E-state index in [1.165, 1.54) is 0 Å². The summed E-state index contributed by atoms with van der Waals surface area (Å²) in [6.45, 7) is 6.39. The first kappa shape index (κ1) is 23.8. The van der Waals surface area contributed by atoms with E-state index in [1.807, 2.05) is 66.2 Å². The monoisotopic (exact) mass is 439 g/mol. The number of rotatable bonds is 12. The first-order chi connectivity index (χ1) is 15.5. The van der Waals surface area contributed by atoms with E-state index in [2.05, 4.69) is 11.8 Å². The maximum atomic E-state index is 10.3. The standard InChI is InChI=1S/C25H33N3O4/c1-5-15-27(16-21(29)18-30-3)17-24-19(2)26-28(20-9-7-6-8-10-20)25(24)32-23-13-11-22(31-4)12-14-23/h6-14,21,29H,5,15-18H2,1-4H3. The van der Waals surface area contributed by atoms with E-state index in [1.54, 1.807) is 14.2 Å². The van der Waals surface area contributed by atoms with Gasteiger partial charge in [0, 0.05) is 20.2 Å². The van der Waals surface area contributed by atoms with Crippen molar-refractivity contribution in [3.05, 3.63) is 65.9 Å². The Labute approximate surface area is 190 Å². The number of para-hydroxylation sites is 1. The fraction of sp³-hybridized carbons (Fsp3) is 0.400. The minimum Gasteiger partial charge on any atom is -0.497 e. The number of nitrogens with zero attached hydrogens (tertiary/aromatic N) is 3. The zero-order valence-corrected chi connectivity index (χ0v) is 19.3. The highest BCUT2D eigenvalue weighted by atomic mass is 16.5. The summed E-state index contributed by atoms with van der Waals surface area (Å²) < 4.78 is 18.6. The van der Waals surface area contributed by atoms with Gasteiger partial charge in [0.2, 0.25) is 5.88 Å². The van der Waals surface area contributed by atoms with Crippen LogP contribution in [0.25, 0.3) is 5.69 Å². The summed E-state index contributed by atoms with van der Waals surface area (Å²) in [4.78, 5) is 2.21. The van der Waals surface area contributed by atoms with Gasteiger partial charge in [0.05, 0.1) is 36.8 Å². The topological polar surface area (TPSA) is 69.0 Å². The molecule has 1 unspecified atom stereocenters. The van der Waals surface area contributed by atoms with E-state index in [0.717, 1.165) is 35.7 Å². The predicted octanol–water partition coefficient (Wildman–Crippen LogP) is 4.20. The molecule has 0 amide bonds. The predicted molar refractivity (Wildman–Crippen MR) is 125 cm³/mol. The van der Waals surface area contributed by atoms with Crippen LogP contribution < -0.4 is 9.47 Å². The molecule has 0 saturated carbocycles. The van der Waals surface area contributed by atoms with Crippen molar-refractivity contribution < 1.29 is 19.3 Å². The van der Waals surface area contributed by atoms with Gasteiger partial charge in [-0.3, -0.25) is 4.90 Å². The minimum absolute atomic E-state index is 0.303. The number of aryl methyl sites for hydroxylation is 1. The Bertz CT molecular complexity index is 957. The second kappa shape index (κ2) is 11.7. The number of aromatic nitrogens is 2. The van der Waals surface area contributed by atoms with Gasteiger partial charge in [0.1, 0.15) is 11.5 Å². The van der Waals surface area contributed by atoms with Crippen molar-refractivity contribution in [2.75, 3.05) is 33.9 Å². The van der Waals surface area contributed by atoms with Crippen LogP contribution in [0.15, 0.2) is 54.6 Å². The Balaban J connectivity index is 1.97. The molecule has 0 fully saturated rings. The first-order valence-electron chi connectivity index (χ1n) is 10.9. The number of methoxy groups -OCH3 is 2. The summed E-state index contributed by atoms with van der Waals surface area (Å²) in [5, 5.41) is 15.1. The molecule has 0 saturated heterocycles. The van der Waals surface area contributed by atoms with Crippen LogP contribution in [0.1, 0.15) is 24.6 Å². The van der Waals surface area contributed by atoms with Gasteiger partial charge in [-0.25, -0.2) is 4.68 Å². The number of hydrogen-bond donors (Lipinski definition) is 1. The van der Waals surface area contributed by atoms with Crippen molar-refractivity contribution in [1.82, 2.24) is 14.7 Å². The summed E-state index contributed by atoms with van der Waals surface area (Å²) in [7, 11) is 3.24. The molecule has 2 aromatic carbocycles. The lowest BCUT2D eigenvalue weighted by atomic mass is 10.2. The number of benzene rings is 2. The molecule has 1 N–H and O–H groups in total. The first-order valence-corrected chi connectivity index (χ1v) is 10.9. The Morgan fingerprint density at radius 2 is 1.72 bits per heavy atom. The molecule has 3 aromatic rings. The van der Waals surface area contributed by atoms with Crippen LogP contribution in [0.2, 0.25) is 0 Å². The highest BCUT2D eigenvalue weighted by Crippen LogP contribution is 2.32. The average molecular weight is 440 g/mol. The lowest BCUT2D eigenvalue weighted by molar-refractivity contribution is 0.0356. The third-order valence-corrected chi connectivity index (χ3v) is 5.16. The smallest absolute Gasteiger partial charge is 0.227 e. The third-order valence-electron chi connectivity index (χ3n) is 5.16. The fourth-order valence-electron chi connectivity index (χ4n) is 3.64. The largest absolute Gasteiger partial charge is 0.497 e. The number of hydrogen-bond acceptors (Lipinski definition) is 6. The van der Waals surface area contributed by atoms with Crippen LogP contribution >= 0.6 is 0 Å². The molecule has 0 aliphatic carbocycles. The second-order valence-corrected chi connectivity index (χ2v) is 7.74. The molecule has 0 aliphatic rings. The van der Waals surface area contributed by atoms with Crippen molar-refractivity contribution in [1.29, 1.82) is 0 Å². The molecule has 7 nitrogen and oxygen atoms in total. The summed E-state index contributed by atoms with van der Waals surface area (Å²) in [5.74, 6) is 2.14. The molecule has 1 atom stereocenters. The normalized spacial score (nSPS) is 12.2. The van der Waals surface area contributed by atoms with E-state index in [0.29, 0.717) is 31.3 Å². The lowest BCUT2D eigenvalue weighted by Crippen LogP contribution is -2.35. The van der Waals surface area contributed by atoms with Crippen molar-refractivity contribution >= 4 is 0 Å². The Hall–Kier alpha value is -2.87. The van der Waals surface area contributed by atoms with Crippen LogP contribution in [-0.2, 0) is 11.3 Å². The quantitative estimate of drug-likeness (QED) is 0.456. The maximum absolute atomic E-state index is 10.3. The molecule has 7 heteroatoms. The van der Waals surface area contributed by atoms with Crippen LogP contribution in [0, 0.1) is 6.92 Å². The van der Waals surface area contributed by atoms with Crippen molar-refractivity contribution in [2.45, 2.75) is 32.9 Å². The number of ether oxygens (including phenoxy) is 3. The molecule has 0 radical (unpaired) electrons. The molecule has 0 aliphatic heterocycles. The average Bonchev–Trinajstić information content (AvgIpc) is 3.10. The van der Waals surface area contributed by atoms with Crippen LogP contribution in [0.5, 0.6) is 17.4 Å². The third kappa shape index (κ3) is 6.09. The van der Waals surface area contributed by atoms with Crippen molar-refractivity contribution in [2.24, 2.45) is 0 Å². The van der Waals surface area contributed by atoms with E-state index in [-0.39, 0.29) is 0 Å². The molecular weight excluding hydrogens is 406 g/mol. The van der Waals surface area contributed by atoms with Gasteiger partial charge < -0.3 is 19.3 Å².